The van der Waals surface area contributed by atoms with Gasteiger partial charge in [-0.1, -0.05) is 60.8 Å². The van der Waals surface area contributed by atoms with Gasteiger partial charge in [0.05, 0.1) is 11.9 Å². The Morgan fingerprint density at radius 2 is 1.77 bits per heavy atom. The minimum atomic E-state index is -3.56. The molecule has 0 unspecified atom stereocenters. The number of anilines is 1. The summed E-state index contributed by atoms with van der Waals surface area (Å²) >= 11 is 6.05. The summed E-state index contributed by atoms with van der Waals surface area (Å²) in [5.74, 6) is -0.347. The minimum absolute atomic E-state index is 0.112. The average molecular weight is 520 g/mol. The zero-order valence-corrected chi connectivity index (χ0v) is 21.9. The molecule has 2 aromatic rings. The number of nitrogens with one attached hydrogen (secondary N) is 1. The Bertz CT molecular complexity index is 1100. The predicted octanol–water partition coefficient (Wildman–Crippen LogP) is 4.36. The molecule has 0 spiro atoms. The van der Waals surface area contributed by atoms with Crippen LogP contribution in [0.15, 0.2) is 54.6 Å². The third-order valence-electron chi connectivity index (χ3n) is 6.31. The highest BCUT2D eigenvalue weighted by Gasteiger charge is 2.28. The molecule has 1 atom stereocenters. The van der Waals surface area contributed by atoms with Crippen LogP contribution in [0.25, 0.3) is 0 Å². The second kappa shape index (κ2) is 12.4. The van der Waals surface area contributed by atoms with Gasteiger partial charge in [-0.25, -0.2) is 8.42 Å². The van der Waals surface area contributed by atoms with Gasteiger partial charge in [0.2, 0.25) is 21.8 Å². The van der Waals surface area contributed by atoms with Crippen molar-refractivity contribution in [3.05, 3.63) is 65.2 Å². The lowest BCUT2D eigenvalue weighted by Gasteiger charge is -2.30. The molecule has 1 saturated carbocycles. The van der Waals surface area contributed by atoms with E-state index in [9.17, 15) is 18.0 Å². The molecule has 2 amide bonds. The quantitative estimate of drug-likeness (QED) is 0.478. The number of carbonyl (C=O) groups excluding carboxylic acids is 2. The molecule has 1 aliphatic carbocycles. The van der Waals surface area contributed by atoms with Crippen molar-refractivity contribution in [2.45, 2.75) is 64.1 Å². The van der Waals surface area contributed by atoms with Crippen LogP contribution in [-0.2, 0) is 26.2 Å². The van der Waals surface area contributed by atoms with Crippen molar-refractivity contribution < 1.29 is 18.0 Å². The number of sulfonamides is 1. The first-order valence-corrected chi connectivity index (χ1v) is 14.2. The highest BCUT2D eigenvalue weighted by molar-refractivity contribution is 7.92. The zero-order chi connectivity index (χ0) is 25.4. The SMILES string of the molecule is C[C@@H](C(=O)NC1CCCC1)N(Cc1ccccc1)C(=O)CCCN(c1cccc(Cl)c1)S(C)(=O)=O. The maximum Gasteiger partial charge on any atom is 0.242 e. The van der Waals surface area contributed by atoms with Gasteiger partial charge in [-0.05, 0) is 49.9 Å². The van der Waals surface area contributed by atoms with Crippen molar-refractivity contribution in [2.75, 3.05) is 17.1 Å². The molecule has 0 saturated heterocycles. The summed E-state index contributed by atoms with van der Waals surface area (Å²) in [4.78, 5) is 27.9. The van der Waals surface area contributed by atoms with Crippen molar-refractivity contribution in [3.63, 3.8) is 0 Å². The van der Waals surface area contributed by atoms with Crippen LogP contribution >= 0.6 is 11.6 Å². The summed E-state index contributed by atoms with van der Waals surface area (Å²) in [5.41, 5.74) is 1.39. The normalized spacial score (nSPS) is 14.9. The van der Waals surface area contributed by atoms with Crippen molar-refractivity contribution in [1.29, 1.82) is 0 Å². The predicted molar refractivity (Wildman–Crippen MR) is 140 cm³/mol. The lowest BCUT2D eigenvalue weighted by atomic mass is 10.1. The topological polar surface area (TPSA) is 86.8 Å². The van der Waals surface area contributed by atoms with Crippen LogP contribution in [0.1, 0.15) is 51.0 Å². The molecule has 1 N–H and O–H groups in total. The van der Waals surface area contributed by atoms with E-state index in [2.05, 4.69) is 5.32 Å². The third kappa shape index (κ3) is 7.97. The molecular formula is C26H34ClN3O4S. The number of hydrogen-bond donors (Lipinski definition) is 1. The average Bonchev–Trinajstić information content (AvgIpc) is 3.32. The van der Waals surface area contributed by atoms with E-state index in [1.807, 2.05) is 30.3 Å². The minimum Gasteiger partial charge on any atom is -0.352 e. The highest BCUT2D eigenvalue weighted by Crippen LogP contribution is 2.23. The van der Waals surface area contributed by atoms with Crippen LogP contribution in [0.5, 0.6) is 0 Å². The molecule has 0 radical (unpaired) electrons. The second-order valence-corrected chi connectivity index (χ2v) is 11.4. The fraction of sp³-hybridized carbons (Fsp3) is 0.462. The van der Waals surface area contributed by atoms with E-state index >= 15 is 0 Å². The van der Waals surface area contributed by atoms with E-state index in [1.165, 1.54) is 4.31 Å². The van der Waals surface area contributed by atoms with Crippen LogP contribution in [0.4, 0.5) is 5.69 Å². The number of nitrogens with zero attached hydrogens (tertiary/aromatic N) is 2. The van der Waals surface area contributed by atoms with Gasteiger partial charge in [0.15, 0.2) is 0 Å². The van der Waals surface area contributed by atoms with Crippen molar-refractivity contribution in [2.24, 2.45) is 0 Å². The van der Waals surface area contributed by atoms with Crippen LogP contribution in [0.2, 0.25) is 5.02 Å². The molecule has 7 nitrogen and oxygen atoms in total. The highest BCUT2D eigenvalue weighted by atomic mass is 35.5. The van der Waals surface area contributed by atoms with Crippen LogP contribution < -0.4 is 9.62 Å². The molecule has 1 fully saturated rings. The lowest BCUT2D eigenvalue weighted by Crippen LogP contribution is -2.49. The van der Waals surface area contributed by atoms with Gasteiger partial charge < -0.3 is 10.2 Å². The summed E-state index contributed by atoms with van der Waals surface area (Å²) in [6.07, 6.45) is 5.70. The Kier molecular flexibility index (Phi) is 9.57. The van der Waals surface area contributed by atoms with Crippen LogP contribution in [0, 0.1) is 0 Å². The molecule has 9 heteroatoms. The van der Waals surface area contributed by atoms with Crippen LogP contribution in [-0.4, -0.2) is 50.0 Å². The summed E-state index contributed by atoms with van der Waals surface area (Å²) in [7, 11) is -3.56. The first-order chi connectivity index (χ1) is 16.6. The standard InChI is InChI=1S/C26H34ClN3O4S/c1-20(26(32)28-23-13-6-7-14-23)29(19-21-10-4-3-5-11-21)25(31)16-9-17-30(35(2,33)34)24-15-8-12-22(27)18-24/h3-5,8,10-12,15,18,20,23H,6-7,9,13-14,16-17,19H2,1-2H3,(H,28,32)/t20-/m0/s1. The van der Waals surface area contributed by atoms with Crippen molar-refractivity contribution >= 4 is 39.1 Å². The van der Waals surface area contributed by atoms with Gasteiger partial charge in [0.1, 0.15) is 6.04 Å². The summed E-state index contributed by atoms with van der Waals surface area (Å²) in [6.45, 7) is 2.19. The monoisotopic (exact) mass is 519 g/mol. The van der Waals surface area contributed by atoms with Gasteiger partial charge in [-0.2, -0.15) is 0 Å². The van der Waals surface area contributed by atoms with Gasteiger partial charge >= 0.3 is 0 Å². The van der Waals surface area contributed by atoms with Crippen molar-refractivity contribution in [3.8, 4) is 0 Å². The summed E-state index contributed by atoms with van der Waals surface area (Å²) in [5, 5.41) is 3.52. The Labute approximate surface area is 213 Å². The van der Waals surface area contributed by atoms with Gasteiger partial charge in [0.25, 0.3) is 0 Å². The lowest BCUT2D eigenvalue weighted by molar-refractivity contribution is -0.141. The molecule has 0 aliphatic heterocycles. The molecule has 35 heavy (non-hydrogen) atoms. The van der Waals surface area contributed by atoms with E-state index in [0.717, 1.165) is 37.5 Å². The van der Waals surface area contributed by atoms with Gasteiger partial charge in [-0.15, -0.1) is 0 Å². The molecule has 190 valence electrons. The first kappa shape index (κ1) is 27.0. The molecule has 3 rings (SSSR count). The number of carbonyl (C=O) groups is 2. The number of amides is 2. The fourth-order valence-electron chi connectivity index (χ4n) is 4.39. The molecule has 2 aromatic carbocycles. The first-order valence-electron chi connectivity index (χ1n) is 12.0. The second-order valence-electron chi connectivity index (χ2n) is 9.09. The Balaban J connectivity index is 1.69. The Hall–Kier alpha value is -2.58. The van der Waals surface area contributed by atoms with E-state index < -0.39 is 16.1 Å². The number of hydrogen-bond acceptors (Lipinski definition) is 4. The summed E-state index contributed by atoms with van der Waals surface area (Å²) in [6, 6.07) is 15.7. The molecule has 1 aliphatic rings. The van der Waals surface area contributed by atoms with Crippen molar-refractivity contribution in [1.82, 2.24) is 10.2 Å². The number of benzene rings is 2. The van der Waals surface area contributed by atoms with E-state index in [1.54, 1.807) is 36.1 Å². The smallest absolute Gasteiger partial charge is 0.242 e. The molecule has 0 aromatic heterocycles. The molecular weight excluding hydrogens is 486 g/mol. The maximum absolute atomic E-state index is 13.3. The van der Waals surface area contributed by atoms with Gasteiger partial charge in [0, 0.05) is 30.6 Å². The fourth-order valence-corrected chi connectivity index (χ4v) is 5.53. The van der Waals surface area contributed by atoms with E-state index in [-0.39, 0.29) is 30.8 Å². The largest absolute Gasteiger partial charge is 0.352 e. The van der Waals surface area contributed by atoms with E-state index in [4.69, 9.17) is 11.6 Å². The zero-order valence-electron chi connectivity index (χ0n) is 20.3. The molecule has 0 bridgehead atoms. The Morgan fingerprint density at radius 3 is 2.40 bits per heavy atom. The van der Waals surface area contributed by atoms with Gasteiger partial charge in [-0.3, -0.25) is 13.9 Å². The number of rotatable bonds is 11. The summed E-state index contributed by atoms with van der Waals surface area (Å²) < 4.78 is 26.0. The van der Waals surface area contributed by atoms with Crippen LogP contribution in [0.3, 0.4) is 0 Å². The molecule has 0 heterocycles. The Morgan fingerprint density at radius 1 is 1.09 bits per heavy atom. The maximum atomic E-state index is 13.3. The van der Waals surface area contributed by atoms with E-state index in [0.29, 0.717) is 23.7 Å². The number of halogens is 1. The third-order valence-corrected chi connectivity index (χ3v) is 7.74.